The minimum atomic E-state index is -4.66. The van der Waals surface area contributed by atoms with E-state index in [0.717, 1.165) is 6.07 Å². The SMILES string of the molecule is Nc1ccc2c([O-])c(N=Nc3ccccc3)c(S(=O)(=O)O)cc2c1.[Na+]. The molecule has 0 aliphatic heterocycles. The summed E-state index contributed by atoms with van der Waals surface area (Å²) >= 11 is 0. The second-order valence-corrected chi connectivity index (χ2v) is 6.43. The van der Waals surface area contributed by atoms with E-state index in [4.69, 9.17) is 5.73 Å². The largest absolute Gasteiger partial charge is 1.00 e. The van der Waals surface area contributed by atoms with Crippen LogP contribution in [-0.4, -0.2) is 13.0 Å². The molecule has 0 aliphatic rings. The Balaban J connectivity index is 0.00000225. The standard InChI is InChI=1S/C16H13N3O4S.Na/c17-11-6-7-13-10(8-11)9-14(24(21,22)23)15(16(13)20)19-18-12-4-2-1-3-5-12;/h1-9,20H,17H2,(H,21,22,23);/q;+1/p-1. The summed E-state index contributed by atoms with van der Waals surface area (Å²) in [5.74, 6) is -0.653. The van der Waals surface area contributed by atoms with Gasteiger partial charge in [0.1, 0.15) is 4.90 Å². The molecule has 7 nitrogen and oxygen atoms in total. The molecule has 122 valence electrons. The van der Waals surface area contributed by atoms with Crippen LogP contribution < -0.4 is 40.4 Å². The van der Waals surface area contributed by atoms with E-state index < -0.39 is 26.5 Å². The molecule has 0 spiro atoms. The van der Waals surface area contributed by atoms with Gasteiger partial charge < -0.3 is 10.8 Å². The number of nitrogen functional groups attached to an aromatic ring is 1. The van der Waals surface area contributed by atoms with Gasteiger partial charge in [-0.1, -0.05) is 30.0 Å². The molecule has 9 heteroatoms. The Kier molecular flexibility index (Phi) is 5.81. The van der Waals surface area contributed by atoms with Gasteiger partial charge in [0.05, 0.1) is 11.4 Å². The Morgan fingerprint density at radius 2 is 1.68 bits per heavy atom. The molecule has 0 unspecified atom stereocenters. The number of nitrogens with zero attached hydrogens (tertiary/aromatic N) is 2. The van der Waals surface area contributed by atoms with Crippen molar-refractivity contribution in [2.45, 2.75) is 4.90 Å². The number of nitrogens with two attached hydrogens (primary N) is 1. The zero-order valence-corrected chi connectivity index (χ0v) is 16.1. The van der Waals surface area contributed by atoms with E-state index >= 15 is 0 Å². The number of anilines is 1. The molecule has 3 N–H and O–H groups in total. The van der Waals surface area contributed by atoms with Crippen LogP contribution in [0.15, 0.2) is 69.7 Å². The van der Waals surface area contributed by atoms with Crippen molar-refractivity contribution in [1.29, 1.82) is 0 Å². The first-order valence-corrected chi connectivity index (χ1v) is 8.28. The summed E-state index contributed by atoms with van der Waals surface area (Å²) in [4.78, 5) is -0.606. The third kappa shape index (κ3) is 4.17. The van der Waals surface area contributed by atoms with Gasteiger partial charge in [-0.25, -0.2) is 0 Å². The van der Waals surface area contributed by atoms with Gasteiger partial charge in [0, 0.05) is 5.69 Å². The summed E-state index contributed by atoms with van der Waals surface area (Å²) in [6.45, 7) is 0. The smallest absolute Gasteiger partial charge is 0.871 e. The Hall–Kier alpha value is -1.97. The molecule has 0 fully saturated rings. The van der Waals surface area contributed by atoms with Crippen molar-refractivity contribution in [3.63, 3.8) is 0 Å². The Morgan fingerprint density at radius 1 is 1.00 bits per heavy atom. The first-order valence-electron chi connectivity index (χ1n) is 6.84. The predicted molar refractivity (Wildman–Crippen MR) is 88.2 cm³/mol. The zero-order chi connectivity index (χ0) is 17.3. The molecular weight excluding hydrogens is 353 g/mol. The van der Waals surface area contributed by atoms with Crippen LogP contribution in [0.25, 0.3) is 10.8 Å². The van der Waals surface area contributed by atoms with E-state index in [9.17, 15) is 18.1 Å². The maximum Gasteiger partial charge on any atom is 1.00 e. The first kappa shape index (κ1) is 19.4. The number of hydrogen-bond acceptors (Lipinski definition) is 6. The molecule has 0 radical (unpaired) electrons. The van der Waals surface area contributed by atoms with Crippen LogP contribution >= 0.6 is 0 Å². The van der Waals surface area contributed by atoms with Crippen LogP contribution in [-0.2, 0) is 10.1 Å². The molecule has 0 aliphatic carbocycles. The molecule has 0 amide bonds. The van der Waals surface area contributed by atoms with Crippen molar-refractivity contribution >= 4 is 38.0 Å². The van der Waals surface area contributed by atoms with Crippen LogP contribution in [0.2, 0.25) is 0 Å². The maximum atomic E-state index is 12.6. The first-order chi connectivity index (χ1) is 11.4. The van der Waals surface area contributed by atoms with Crippen molar-refractivity contribution in [2.75, 3.05) is 5.73 Å². The van der Waals surface area contributed by atoms with E-state index in [1.165, 1.54) is 18.2 Å². The van der Waals surface area contributed by atoms with Crippen LogP contribution in [0.3, 0.4) is 0 Å². The Morgan fingerprint density at radius 3 is 2.32 bits per heavy atom. The van der Waals surface area contributed by atoms with Gasteiger partial charge in [0.15, 0.2) is 0 Å². The third-order valence-electron chi connectivity index (χ3n) is 3.35. The van der Waals surface area contributed by atoms with E-state index in [0.29, 0.717) is 16.8 Å². The van der Waals surface area contributed by atoms with Crippen molar-refractivity contribution in [2.24, 2.45) is 10.2 Å². The summed E-state index contributed by atoms with van der Waals surface area (Å²) < 4.78 is 32.7. The van der Waals surface area contributed by atoms with E-state index in [1.54, 1.807) is 30.3 Å². The second-order valence-electron chi connectivity index (χ2n) is 5.04. The van der Waals surface area contributed by atoms with Crippen LogP contribution in [0.5, 0.6) is 5.75 Å². The van der Waals surface area contributed by atoms with Crippen molar-refractivity contribution in [1.82, 2.24) is 0 Å². The molecule has 0 bridgehead atoms. The molecule has 0 saturated heterocycles. The fraction of sp³-hybridized carbons (Fsp3) is 0. The van der Waals surface area contributed by atoms with Crippen LogP contribution in [0.4, 0.5) is 17.1 Å². The summed E-state index contributed by atoms with van der Waals surface area (Å²) in [6, 6.07) is 14.1. The Bertz CT molecular complexity index is 1050. The summed E-state index contributed by atoms with van der Waals surface area (Å²) in [6.07, 6.45) is 0. The number of azo groups is 1. The molecule has 0 atom stereocenters. The topological polar surface area (TPSA) is 128 Å². The molecule has 0 saturated carbocycles. The molecule has 3 rings (SSSR count). The molecule has 25 heavy (non-hydrogen) atoms. The zero-order valence-electron chi connectivity index (χ0n) is 13.2. The van der Waals surface area contributed by atoms with Gasteiger partial charge >= 0.3 is 29.6 Å². The number of hydrogen-bond donors (Lipinski definition) is 2. The maximum absolute atomic E-state index is 12.6. The van der Waals surface area contributed by atoms with Crippen molar-refractivity contribution in [3.8, 4) is 5.75 Å². The fourth-order valence-electron chi connectivity index (χ4n) is 2.25. The van der Waals surface area contributed by atoms with Gasteiger partial charge in [0.2, 0.25) is 0 Å². The van der Waals surface area contributed by atoms with Crippen LogP contribution in [0.1, 0.15) is 0 Å². The third-order valence-corrected chi connectivity index (χ3v) is 4.22. The molecular formula is C16H12N3NaO4S. The quantitative estimate of drug-likeness (QED) is 0.296. The monoisotopic (exact) mass is 365 g/mol. The Labute approximate surface area is 166 Å². The fourth-order valence-corrected chi connectivity index (χ4v) is 2.90. The normalized spacial score (nSPS) is 11.6. The van der Waals surface area contributed by atoms with Gasteiger partial charge in [-0.15, -0.1) is 5.11 Å². The summed E-state index contributed by atoms with van der Waals surface area (Å²) in [7, 11) is -4.66. The molecule has 3 aromatic rings. The van der Waals surface area contributed by atoms with Gasteiger partial charge in [-0.05, 0) is 41.1 Å². The van der Waals surface area contributed by atoms with Gasteiger partial charge in [-0.3, -0.25) is 4.55 Å². The average Bonchev–Trinajstić information content (AvgIpc) is 2.53. The minimum Gasteiger partial charge on any atom is -0.871 e. The molecule has 0 heterocycles. The minimum absolute atomic E-state index is 0. The number of benzene rings is 3. The van der Waals surface area contributed by atoms with Gasteiger partial charge in [0.25, 0.3) is 10.1 Å². The van der Waals surface area contributed by atoms with Gasteiger partial charge in [-0.2, -0.15) is 13.5 Å². The number of rotatable bonds is 3. The predicted octanol–water partition coefficient (Wildman–Crippen LogP) is 0.162. The van der Waals surface area contributed by atoms with E-state index in [2.05, 4.69) is 10.2 Å². The van der Waals surface area contributed by atoms with E-state index in [-0.39, 0.29) is 34.9 Å². The summed E-state index contributed by atoms with van der Waals surface area (Å²) in [5.41, 5.74) is 6.01. The molecule has 0 aromatic heterocycles. The second kappa shape index (κ2) is 7.51. The van der Waals surface area contributed by atoms with Crippen molar-refractivity contribution in [3.05, 3.63) is 54.6 Å². The number of fused-ring (bicyclic) bond motifs is 1. The molecule has 3 aromatic carbocycles. The van der Waals surface area contributed by atoms with Crippen molar-refractivity contribution < 1.29 is 47.6 Å². The van der Waals surface area contributed by atoms with E-state index in [1.807, 2.05) is 0 Å². The summed E-state index contributed by atoms with van der Waals surface area (Å²) in [5, 5.41) is 20.7. The average molecular weight is 365 g/mol. The van der Waals surface area contributed by atoms with Crippen LogP contribution in [0, 0.1) is 0 Å².